The van der Waals surface area contributed by atoms with Crippen molar-refractivity contribution in [1.82, 2.24) is 9.80 Å². The smallest absolute Gasteiger partial charge is 0.270 e. The number of aliphatic hydroxyl groups excluding tert-OH is 1. The van der Waals surface area contributed by atoms with Crippen LogP contribution in [0.2, 0.25) is 0 Å². The number of carbonyl (C=O) groups excluding carboxylic acids is 2. The van der Waals surface area contributed by atoms with Crippen LogP contribution < -0.4 is 10.5 Å². The van der Waals surface area contributed by atoms with Crippen molar-refractivity contribution in [3.05, 3.63) is 47.2 Å². The summed E-state index contributed by atoms with van der Waals surface area (Å²) >= 11 is 0. The van der Waals surface area contributed by atoms with Crippen LogP contribution >= 0.6 is 0 Å². The van der Waals surface area contributed by atoms with Crippen molar-refractivity contribution in [2.24, 2.45) is 10.7 Å². The number of likely N-dealkylation sites (tertiary alicyclic amines) is 1. The van der Waals surface area contributed by atoms with E-state index in [9.17, 15) is 14.7 Å². The summed E-state index contributed by atoms with van der Waals surface area (Å²) in [6.45, 7) is 10.3. The molecule has 1 saturated carbocycles. The van der Waals surface area contributed by atoms with Gasteiger partial charge in [-0.25, -0.2) is 0 Å². The molecule has 3 fully saturated rings. The largest absolute Gasteiger partial charge is 0.490 e. The molecular formula is C30H42N4O5. The number of aliphatic imine (C=N–C) groups is 1. The number of ether oxygens (including phenoxy) is 2. The topological polar surface area (TPSA) is 118 Å². The number of hydrogen-bond donors (Lipinski definition) is 2. The molecule has 0 aromatic heterocycles. The molecule has 9 nitrogen and oxygen atoms in total. The van der Waals surface area contributed by atoms with Gasteiger partial charge in [0.2, 0.25) is 5.91 Å². The number of carbonyl (C=O) groups is 2. The first-order valence-corrected chi connectivity index (χ1v) is 14.0. The van der Waals surface area contributed by atoms with E-state index < -0.39 is 6.10 Å². The zero-order valence-electron chi connectivity index (χ0n) is 23.3. The van der Waals surface area contributed by atoms with Crippen molar-refractivity contribution >= 4 is 23.1 Å². The number of nitrogens with two attached hydrogens (primary N) is 1. The number of piperidine rings is 1. The average molecular weight is 539 g/mol. The Balaban J connectivity index is 1.32. The van der Waals surface area contributed by atoms with Gasteiger partial charge in [-0.05, 0) is 62.8 Å². The van der Waals surface area contributed by atoms with Crippen LogP contribution in [0.15, 0.2) is 41.0 Å². The molecule has 39 heavy (non-hydrogen) atoms. The molecule has 0 unspecified atom stereocenters. The minimum Gasteiger partial charge on any atom is -0.490 e. The fourth-order valence-corrected chi connectivity index (χ4v) is 5.38. The molecule has 3 N–H and O–H groups in total. The number of aryl methyl sites for hydroxylation is 1. The van der Waals surface area contributed by atoms with E-state index in [1.807, 2.05) is 30.9 Å². The minimum absolute atomic E-state index is 0.0169. The van der Waals surface area contributed by atoms with Crippen molar-refractivity contribution < 1.29 is 24.2 Å². The highest BCUT2D eigenvalue weighted by molar-refractivity contribution is 6.08. The molecule has 1 aromatic carbocycles. The molecule has 9 heteroatoms. The number of allylic oxidation sites excluding steroid dienone is 2. The Morgan fingerprint density at radius 1 is 1.18 bits per heavy atom. The van der Waals surface area contributed by atoms with E-state index in [1.54, 1.807) is 4.90 Å². The lowest BCUT2D eigenvalue weighted by atomic mass is 9.90. The van der Waals surface area contributed by atoms with Crippen molar-refractivity contribution in [3.63, 3.8) is 0 Å². The van der Waals surface area contributed by atoms with E-state index in [4.69, 9.17) is 15.2 Å². The van der Waals surface area contributed by atoms with Crippen LogP contribution in [-0.2, 0) is 14.3 Å². The Kier molecular flexibility index (Phi) is 9.80. The van der Waals surface area contributed by atoms with Crippen LogP contribution in [0.25, 0.3) is 5.57 Å². The minimum atomic E-state index is -0.391. The third-order valence-corrected chi connectivity index (χ3v) is 7.79. The normalized spacial score (nSPS) is 23.1. The molecule has 1 atom stereocenters. The molecule has 1 aromatic rings. The highest BCUT2D eigenvalue weighted by atomic mass is 16.5. The first-order valence-electron chi connectivity index (χ1n) is 14.0. The van der Waals surface area contributed by atoms with Gasteiger partial charge in [0.1, 0.15) is 24.1 Å². The molecule has 2 saturated heterocycles. The monoisotopic (exact) mass is 538 g/mol. The lowest BCUT2D eigenvalue weighted by Crippen LogP contribution is -2.48. The second-order valence-electron chi connectivity index (χ2n) is 10.7. The summed E-state index contributed by atoms with van der Waals surface area (Å²) < 4.78 is 11.7. The Morgan fingerprint density at radius 3 is 2.62 bits per heavy atom. The highest BCUT2D eigenvalue weighted by Crippen LogP contribution is 2.27. The average Bonchev–Trinajstić information content (AvgIpc) is 2.96. The van der Waals surface area contributed by atoms with Gasteiger partial charge in [0.05, 0.1) is 19.3 Å². The van der Waals surface area contributed by atoms with Gasteiger partial charge in [0, 0.05) is 50.3 Å². The van der Waals surface area contributed by atoms with E-state index in [2.05, 4.69) is 17.6 Å². The predicted octanol–water partition coefficient (Wildman–Crippen LogP) is 2.85. The van der Waals surface area contributed by atoms with Gasteiger partial charge >= 0.3 is 0 Å². The molecule has 2 aliphatic heterocycles. The van der Waals surface area contributed by atoms with Gasteiger partial charge in [-0.1, -0.05) is 18.2 Å². The molecule has 0 spiro atoms. The van der Waals surface area contributed by atoms with Crippen LogP contribution in [0, 0.1) is 6.92 Å². The SMILES string of the molecule is C=C(C)c1ccc(OC2CCN(C(=O)CN=C3CCCCC3=C(N)C(=O)N3CCO[C@H](CO)C3)CC2)c(C)c1. The first kappa shape index (κ1) is 28.8. The van der Waals surface area contributed by atoms with Crippen LogP contribution in [0.3, 0.4) is 0 Å². The van der Waals surface area contributed by atoms with Crippen molar-refractivity contribution in [3.8, 4) is 5.75 Å². The predicted molar refractivity (Wildman–Crippen MR) is 152 cm³/mol. The van der Waals surface area contributed by atoms with Gasteiger partial charge in [0.25, 0.3) is 5.91 Å². The zero-order chi connectivity index (χ0) is 27.9. The lowest BCUT2D eigenvalue weighted by Gasteiger charge is -2.33. The number of nitrogens with zero attached hydrogens (tertiary/aromatic N) is 3. The summed E-state index contributed by atoms with van der Waals surface area (Å²) in [4.78, 5) is 34.2. The second kappa shape index (κ2) is 13.3. The molecule has 212 valence electrons. The van der Waals surface area contributed by atoms with Gasteiger partial charge in [-0.2, -0.15) is 0 Å². The van der Waals surface area contributed by atoms with E-state index in [1.165, 1.54) is 0 Å². The summed E-state index contributed by atoms with van der Waals surface area (Å²) in [5, 5.41) is 9.40. The summed E-state index contributed by atoms with van der Waals surface area (Å²) in [7, 11) is 0. The highest BCUT2D eigenvalue weighted by Gasteiger charge is 2.29. The summed E-state index contributed by atoms with van der Waals surface area (Å²) in [6, 6.07) is 6.13. The van der Waals surface area contributed by atoms with Crippen LogP contribution in [0.1, 0.15) is 56.6 Å². The van der Waals surface area contributed by atoms with Gasteiger partial charge in [-0.15, -0.1) is 0 Å². The van der Waals surface area contributed by atoms with Gasteiger partial charge < -0.3 is 30.1 Å². The Labute approximate surface area is 231 Å². The van der Waals surface area contributed by atoms with E-state index in [-0.39, 0.29) is 36.8 Å². The molecule has 0 bridgehead atoms. The zero-order valence-corrected chi connectivity index (χ0v) is 23.3. The number of benzene rings is 1. The number of aliphatic hydroxyl groups is 1. The Bertz CT molecular complexity index is 1140. The molecule has 4 rings (SSSR count). The number of hydrogen-bond acceptors (Lipinski definition) is 7. The molecule has 1 aliphatic carbocycles. The summed E-state index contributed by atoms with van der Waals surface area (Å²) in [6.07, 6.45) is 4.49. The van der Waals surface area contributed by atoms with Gasteiger partial charge in [0.15, 0.2) is 0 Å². The molecule has 0 radical (unpaired) electrons. The molecule has 2 heterocycles. The quantitative estimate of drug-likeness (QED) is 0.516. The fourth-order valence-electron chi connectivity index (χ4n) is 5.38. The summed E-state index contributed by atoms with van der Waals surface area (Å²) in [5.41, 5.74) is 11.3. The number of rotatable bonds is 7. The van der Waals surface area contributed by atoms with E-state index in [0.717, 1.165) is 59.4 Å². The Hall–Kier alpha value is -3.17. The Morgan fingerprint density at radius 2 is 1.92 bits per heavy atom. The van der Waals surface area contributed by atoms with E-state index in [0.29, 0.717) is 45.6 Å². The molecular weight excluding hydrogens is 496 g/mol. The summed E-state index contributed by atoms with van der Waals surface area (Å²) in [5.74, 6) is 0.611. The maximum Gasteiger partial charge on any atom is 0.270 e. The van der Waals surface area contributed by atoms with Crippen LogP contribution in [-0.4, -0.2) is 90.6 Å². The lowest BCUT2D eigenvalue weighted by molar-refractivity contribution is -0.136. The van der Waals surface area contributed by atoms with Crippen molar-refractivity contribution in [2.45, 2.75) is 64.6 Å². The fraction of sp³-hybridized carbons (Fsp3) is 0.567. The van der Waals surface area contributed by atoms with Crippen molar-refractivity contribution in [1.29, 1.82) is 0 Å². The van der Waals surface area contributed by atoms with Crippen LogP contribution in [0.4, 0.5) is 0 Å². The third kappa shape index (κ3) is 7.28. The first-order chi connectivity index (χ1) is 18.8. The number of amides is 2. The maximum absolute atomic E-state index is 13.1. The molecule has 2 amide bonds. The van der Waals surface area contributed by atoms with Crippen LogP contribution in [0.5, 0.6) is 5.75 Å². The van der Waals surface area contributed by atoms with Crippen molar-refractivity contribution in [2.75, 3.05) is 45.9 Å². The maximum atomic E-state index is 13.1. The standard InChI is InChI=1S/C30H42N4O5/c1-20(2)22-8-9-27(21(3)16-22)39-23-10-12-33(13-11-23)28(36)17-32-26-7-5-4-6-25(26)29(31)30(37)34-14-15-38-24(18-34)19-35/h8-9,16,23-24,35H,1,4-7,10-15,17-19,31H2,2-3H3/t24-/m0/s1. The van der Waals surface area contributed by atoms with E-state index >= 15 is 0 Å². The van der Waals surface area contributed by atoms with Gasteiger partial charge in [-0.3, -0.25) is 14.6 Å². The second-order valence-corrected chi connectivity index (χ2v) is 10.7. The molecule has 3 aliphatic rings. The third-order valence-electron chi connectivity index (χ3n) is 7.79. The number of morpholine rings is 1.